The van der Waals surface area contributed by atoms with Gasteiger partial charge in [-0.15, -0.1) is 0 Å². The monoisotopic (exact) mass is 353 g/mol. The molecule has 132 valence electrons. The number of hydrogen-bond donors (Lipinski definition) is 2. The summed E-state index contributed by atoms with van der Waals surface area (Å²) in [7, 11) is -2.07. The lowest BCUT2D eigenvalue weighted by Crippen LogP contribution is -2.45. The number of carbonyl (C=O) groups is 2. The minimum atomic E-state index is -3.48. The maximum Gasteiger partial charge on any atom is 0.321 e. The van der Waals surface area contributed by atoms with Gasteiger partial charge in [0.05, 0.1) is 5.25 Å². The molecule has 0 aliphatic carbocycles. The van der Waals surface area contributed by atoms with Crippen LogP contribution in [-0.2, 0) is 14.6 Å². The Kier molecular flexibility index (Phi) is 5.82. The van der Waals surface area contributed by atoms with Crippen molar-refractivity contribution in [2.45, 2.75) is 25.0 Å². The number of nitrogens with one attached hydrogen (secondary N) is 2. The summed E-state index contributed by atoms with van der Waals surface area (Å²) in [4.78, 5) is 25.1. The summed E-state index contributed by atoms with van der Waals surface area (Å²) in [6.07, 6.45) is 0.696. The Labute approximate surface area is 142 Å². The van der Waals surface area contributed by atoms with E-state index in [-0.39, 0.29) is 6.03 Å². The van der Waals surface area contributed by atoms with Crippen molar-refractivity contribution in [1.29, 1.82) is 0 Å². The molecule has 2 N–H and O–H groups in total. The van der Waals surface area contributed by atoms with Crippen LogP contribution in [0.5, 0.6) is 0 Å². The van der Waals surface area contributed by atoms with Crippen LogP contribution in [0.1, 0.15) is 18.4 Å². The first-order valence-electron chi connectivity index (χ1n) is 7.86. The van der Waals surface area contributed by atoms with E-state index in [1.807, 2.05) is 31.2 Å². The fourth-order valence-corrected chi connectivity index (χ4v) is 4.30. The number of hydrogen-bond acceptors (Lipinski definition) is 4. The summed E-state index contributed by atoms with van der Waals surface area (Å²) in [6.45, 7) is 2.68. The summed E-state index contributed by atoms with van der Waals surface area (Å²) >= 11 is 0. The Morgan fingerprint density at radius 3 is 2.29 bits per heavy atom. The first-order chi connectivity index (χ1) is 11.3. The molecule has 1 aliphatic heterocycles. The Hall–Kier alpha value is -2.09. The number of urea groups is 1. The second-order valence-electron chi connectivity index (χ2n) is 5.96. The minimum Gasteiger partial charge on any atom is -0.358 e. The standard InChI is InChI=1S/C16H23N3O4S/c1-12-3-5-13(6-4-12)18-16(21)19-9-7-14(8-10-19)24(22,23)11-15(20)17-2/h3-6,14H,7-11H2,1-2H3,(H,17,20)(H,18,21). The lowest BCUT2D eigenvalue weighted by Gasteiger charge is -2.31. The van der Waals surface area contributed by atoms with Gasteiger partial charge in [0, 0.05) is 25.8 Å². The lowest BCUT2D eigenvalue weighted by molar-refractivity contribution is -0.118. The lowest BCUT2D eigenvalue weighted by atomic mass is 10.1. The largest absolute Gasteiger partial charge is 0.358 e. The number of amides is 3. The number of carbonyl (C=O) groups excluding carboxylic acids is 2. The molecular formula is C16H23N3O4S. The molecule has 0 saturated carbocycles. The predicted molar refractivity (Wildman–Crippen MR) is 92.6 cm³/mol. The molecule has 1 aromatic carbocycles. The number of rotatable bonds is 4. The smallest absolute Gasteiger partial charge is 0.321 e. The quantitative estimate of drug-likeness (QED) is 0.849. The molecule has 0 aromatic heterocycles. The van der Waals surface area contributed by atoms with Gasteiger partial charge in [-0.05, 0) is 31.9 Å². The van der Waals surface area contributed by atoms with Gasteiger partial charge in [0.1, 0.15) is 5.75 Å². The van der Waals surface area contributed by atoms with Crippen LogP contribution in [0.25, 0.3) is 0 Å². The van der Waals surface area contributed by atoms with Crippen LogP contribution in [-0.4, -0.2) is 56.4 Å². The number of anilines is 1. The fourth-order valence-electron chi connectivity index (χ4n) is 2.63. The van der Waals surface area contributed by atoms with Gasteiger partial charge < -0.3 is 15.5 Å². The van der Waals surface area contributed by atoms with Gasteiger partial charge >= 0.3 is 6.03 Å². The molecule has 7 nitrogen and oxygen atoms in total. The van der Waals surface area contributed by atoms with Crippen LogP contribution < -0.4 is 10.6 Å². The van der Waals surface area contributed by atoms with E-state index in [4.69, 9.17) is 0 Å². The number of benzene rings is 1. The number of likely N-dealkylation sites (tertiary alicyclic amines) is 1. The topological polar surface area (TPSA) is 95.6 Å². The number of aryl methyl sites for hydroxylation is 1. The molecule has 24 heavy (non-hydrogen) atoms. The summed E-state index contributed by atoms with van der Waals surface area (Å²) in [5, 5.41) is 4.56. The van der Waals surface area contributed by atoms with Crippen LogP contribution >= 0.6 is 0 Å². The van der Waals surface area contributed by atoms with E-state index in [0.29, 0.717) is 31.6 Å². The zero-order valence-corrected chi connectivity index (χ0v) is 14.7. The molecule has 0 unspecified atom stereocenters. The zero-order valence-electron chi connectivity index (χ0n) is 13.9. The van der Waals surface area contributed by atoms with Gasteiger partial charge in [0.2, 0.25) is 5.91 Å². The van der Waals surface area contributed by atoms with Crippen molar-refractivity contribution in [1.82, 2.24) is 10.2 Å². The molecule has 0 bridgehead atoms. The van der Waals surface area contributed by atoms with Crippen LogP contribution in [0.15, 0.2) is 24.3 Å². The second-order valence-corrected chi connectivity index (χ2v) is 8.24. The molecule has 1 aliphatic rings. The molecule has 0 atom stereocenters. The summed E-state index contributed by atoms with van der Waals surface area (Å²) in [5.74, 6) is -1.00. The molecule has 0 radical (unpaired) electrons. The average molecular weight is 353 g/mol. The molecule has 2 rings (SSSR count). The number of piperidine rings is 1. The van der Waals surface area contributed by atoms with Gasteiger partial charge in [-0.1, -0.05) is 17.7 Å². The van der Waals surface area contributed by atoms with Gasteiger partial charge in [-0.3, -0.25) is 4.79 Å². The molecule has 1 heterocycles. The molecule has 1 aromatic rings. The van der Waals surface area contributed by atoms with Crippen molar-refractivity contribution < 1.29 is 18.0 Å². The Morgan fingerprint density at radius 1 is 1.17 bits per heavy atom. The van der Waals surface area contributed by atoms with Crippen molar-refractivity contribution in [3.8, 4) is 0 Å². The Morgan fingerprint density at radius 2 is 1.75 bits per heavy atom. The number of nitrogens with zero attached hydrogens (tertiary/aromatic N) is 1. The minimum absolute atomic E-state index is 0.235. The van der Waals surface area contributed by atoms with E-state index < -0.39 is 26.7 Å². The maximum atomic E-state index is 12.2. The highest BCUT2D eigenvalue weighted by Crippen LogP contribution is 2.19. The van der Waals surface area contributed by atoms with Crippen molar-refractivity contribution in [3.05, 3.63) is 29.8 Å². The predicted octanol–water partition coefficient (Wildman–Crippen LogP) is 1.15. The highest BCUT2D eigenvalue weighted by atomic mass is 32.2. The van der Waals surface area contributed by atoms with Gasteiger partial charge in [0.25, 0.3) is 0 Å². The van der Waals surface area contributed by atoms with Gasteiger partial charge in [-0.25, -0.2) is 13.2 Å². The highest BCUT2D eigenvalue weighted by Gasteiger charge is 2.32. The van der Waals surface area contributed by atoms with Crippen LogP contribution in [0.3, 0.4) is 0 Å². The molecule has 8 heteroatoms. The maximum absolute atomic E-state index is 12.2. The van der Waals surface area contributed by atoms with Gasteiger partial charge in [-0.2, -0.15) is 0 Å². The fraction of sp³-hybridized carbons (Fsp3) is 0.500. The third-order valence-corrected chi connectivity index (χ3v) is 6.30. The van der Waals surface area contributed by atoms with E-state index in [1.165, 1.54) is 7.05 Å². The summed E-state index contributed by atoms with van der Waals surface area (Å²) in [5.41, 5.74) is 1.81. The average Bonchev–Trinajstić information content (AvgIpc) is 2.56. The second kappa shape index (κ2) is 7.65. The van der Waals surface area contributed by atoms with E-state index in [1.54, 1.807) is 4.90 Å². The van der Waals surface area contributed by atoms with Crippen LogP contribution in [0.2, 0.25) is 0 Å². The van der Waals surface area contributed by atoms with E-state index in [0.717, 1.165) is 5.56 Å². The van der Waals surface area contributed by atoms with Crippen LogP contribution in [0, 0.1) is 6.92 Å². The molecule has 3 amide bonds. The van der Waals surface area contributed by atoms with Crippen LogP contribution in [0.4, 0.5) is 10.5 Å². The summed E-state index contributed by atoms with van der Waals surface area (Å²) < 4.78 is 24.3. The highest BCUT2D eigenvalue weighted by molar-refractivity contribution is 7.92. The molecule has 1 saturated heterocycles. The van der Waals surface area contributed by atoms with Crippen molar-refractivity contribution in [2.75, 3.05) is 31.2 Å². The third-order valence-electron chi connectivity index (χ3n) is 4.15. The van der Waals surface area contributed by atoms with Crippen molar-refractivity contribution in [3.63, 3.8) is 0 Å². The normalized spacial score (nSPS) is 15.8. The van der Waals surface area contributed by atoms with E-state index >= 15 is 0 Å². The Balaban J connectivity index is 1.89. The van der Waals surface area contributed by atoms with Crippen molar-refractivity contribution >= 4 is 27.5 Å². The Bertz CT molecular complexity index is 693. The first-order valence-corrected chi connectivity index (χ1v) is 9.58. The van der Waals surface area contributed by atoms with Gasteiger partial charge in [0.15, 0.2) is 9.84 Å². The number of sulfone groups is 1. The molecule has 1 fully saturated rings. The van der Waals surface area contributed by atoms with E-state index in [2.05, 4.69) is 10.6 Å². The molecular weight excluding hydrogens is 330 g/mol. The zero-order chi connectivity index (χ0) is 17.7. The third kappa shape index (κ3) is 4.70. The van der Waals surface area contributed by atoms with Crippen molar-refractivity contribution in [2.24, 2.45) is 0 Å². The molecule has 0 spiro atoms. The van der Waals surface area contributed by atoms with E-state index in [9.17, 15) is 18.0 Å². The SMILES string of the molecule is CNC(=O)CS(=O)(=O)C1CCN(C(=O)Nc2ccc(C)cc2)CC1. The first kappa shape index (κ1) is 18.3. The summed E-state index contributed by atoms with van der Waals surface area (Å²) in [6, 6.07) is 7.24.